The lowest BCUT2D eigenvalue weighted by atomic mass is 9.86. The minimum absolute atomic E-state index is 0.0457. The lowest BCUT2D eigenvalue weighted by molar-refractivity contribution is 0.0682. The van der Waals surface area contributed by atoms with E-state index in [2.05, 4.69) is 24.0 Å². The van der Waals surface area contributed by atoms with E-state index in [1.165, 1.54) is 31.4 Å². The van der Waals surface area contributed by atoms with Gasteiger partial charge in [-0.05, 0) is 30.9 Å². The highest BCUT2D eigenvalue weighted by atomic mass is 32.2. The molecule has 2 nitrogen and oxygen atoms in total. The molecule has 0 spiro atoms. The van der Waals surface area contributed by atoms with Crippen molar-refractivity contribution in [1.82, 2.24) is 5.32 Å². The summed E-state index contributed by atoms with van der Waals surface area (Å²) in [6.45, 7) is 3.34. The van der Waals surface area contributed by atoms with Gasteiger partial charge in [-0.15, -0.1) is 0 Å². The van der Waals surface area contributed by atoms with Crippen molar-refractivity contribution >= 4 is 11.8 Å². The molecule has 3 heteroatoms. The number of nitrogens with one attached hydrogen (secondary N) is 1. The minimum atomic E-state index is -0.0457. The van der Waals surface area contributed by atoms with Crippen LogP contribution < -0.4 is 5.32 Å². The van der Waals surface area contributed by atoms with Gasteiger partial charge in [-0.3, -0.25) is 0 Å². The highest BCUT2D eigenvalue weighted by molar-refractivity contribution is 8.00. The Labute approximate surface area is 97.2 Å². The van der Waals surface area contributed by atoms with Gasteiger partial charge in [0.15, 0.2) is 0 Å². The van der Waals surface area contributed by atoms with Gasteiger partial charge in [0.1, 0.15) is 0 Å². The first-order valence-electron chi connectivity index (χ1n) is 6.30. The first kappa shape index (κ1) is 11.7. The van der Waals surface area contributed by atoms with Gasteiger partial charge in [-0.2, -0.15) is 11.8 Å². The van der Waals surface area contributed by atoms with Crippen molar-refractivity contribution in [2.45, 2.75) is 56.4 Å². The summed E-state index contributed by atoms with van der Waals surface area (Å²) in [6.07, 6.45) is 6.00. The van der Waals surface area contributed by atoms with E-state index >= 15 is 0 Å². The number of thioether (sulfide) groups is 1. The molecule has 4 unspecified atom stereocenters. The maximum atomic E-state index is 9.86. The molecule has 4 atom stereocenters. The molecule has 2 fully saturated rings. The summed E-state index contributed by atoms with van der Waals surface area (Å²) in [5.74, 6) is 1.81. The molecule has 2 aliphatic rings. The largest absolute Gasteiger partial charge is 0.393 e. The molecule has 1 saturated heterocycles. The van der Waals surface area contributed by atoms with E-state index in [0.29, 0.717) is 12.0 Å². The molecule has 0 bridgehead atoms. The lowest BCUT2D eigenvalue weighted by Crippen LogP contribution is -2.41. The van der Waals surface area contributed by atoms with Gasteiger partial charge in [-0.25, -0.2) is 0 Å². The Morgan fingerprint density at radius 3 is 2.73 bits per heavy atom. The van der Waals surface area contributed by atoms with Crippen LogP contribution in [0.25, 0.3) is 0 Å². The minimum Gasteiger partial charge on any atom is -0.393 e. The van der Waals surface area contributed by atoms with Crippen LogP contribution in [0.1, 0.15) is 39.0 Å². The van der Waals surface area contributed by atoms with Crippen molar-refractivity contribution in [1.29, 1.82) is 0 Å². The zero-order valence-corrected chi connectivity index (χ0v) is 10.4. The molecule has 0 amide bonds. The molecule has 0 radical (unpaired) electrons. The number of aliphatic hydroxyl groups is 1. The second-order valence-electron chi connectivity index (χ2n) is 4.99. The Balaban J connectivity index is 1.72. The summed E-state index contributed by atoms with van der Waals surface area (Å²) >= 11 is 2.07. The van der Waals surface area contributed by atoms with Crippen LogP contribution in [0.5, 0.6) is 0 Å². The van der Waals surface area contributed by atoms with Crippen LogP contribution in [-0.4, -0.2) is 34.8 Å². The van der Waals surface area contributed by atoms with Crippen molar-refractivity contribution in [2.24, 2.45) is 5.92 Å². The van der Waals surface area contributed by atoms with E-state index in [-0.39, 0.29) is 6.10 Å². The molecule has 0 aromatic carbocycles. The maximum Gasteiger partial charge on any atom is 0.0580 e. The molecule has 1 saturated carbocycles. The standard InChI is InChI=1S/C12H23NOS/c1-9-11(6-7-15-9)13-8-10-4-2-3-5-12(10)14/h9-14H,2-8H2,1H3. The van der Waals surface area contributed by atoms with Gasteiger partial charge in [0, 0.05) is 17.8 Å². The average molecular weight is 229 g/mol. The summed E-state index contributed by atoms with van der Waals surface area (Å²) in [4.78, 5) is 0. The van der Waals surface area contributed by atoms with Crippen molar-refractivity contribution in [3.05, 3.63) is 0 Å². The number of hydrogen-bond acceptors (Lipinski definition) is 3. The SMILES string of the molecule is CC1SCCC1NCC1CCCCC1O. The normalized spacial score (nSPS) is 42.0. The van der Waals surface area contributed by atoms with E-state index in [1.54, 1.807) is 0 Å². The Kier molecular flexibility index (Phi) is 4.35. The fraction of sp³-hybridized carbons (Fsp3) is 1.00. The van der Waals surface area contributed by atoms with Crippen LogP contribution in [0, 0.1) is 5.92 Å². The maximum absolute atomic E-state index is 9.86. The predicted molar refractivity (Wildman–Crippen MR) is 66.3 cm³/mol. The van der Waals surface area contributed by atoms with Crippen LogP contribution in [0.15, 0.2) is 0 Å². The highest BCUT2D eigenvalue weighted by Crippen LogP contribution is 2.28. The van der Waals surface area contributed by atoms with Gasteiger partial charge in [0.25, 0.3) is 0 Å². The van der Waals surface area contributed by atoms with Crippen molar-refractivity contribution in [2.75, 3.05) is 12.3 Å². The second-order valence-corrected chi connectivity index (χ2v) is 6.48. The summed E-state index contributed by atoms with van der Waals surface area (Å²) in [7, 11) is 0. The van der Waals surface area contributed by atoms with Crippen LogP contribution in [-0.2, 0) is 0 Å². The van der Waals surface area contributed by atoms with Gasteiger partial charge >= 0.3 is 0 Å². The van der Waals surface area contributed by atoms with Gasteiger partial charge in [0.2, 0.25) is 0 Å². The number of aliphatic hydroxyl groups excluding tert-OH is 1. The Morgan fingerprint density at radius 2 is 2.07 bits per heavy atom. The van der Waals surface area contributed by atoms with Crippen LogP contribution >= 0.6 is 11.8 Å². The van der Waals surface area contributed by atoms with Crippen LogP contribution in [0.3, 0.4) is 0 Å². The first-order chi connectivity index (χ1) is 7.27. The third-order valence-electron chi connectivity index (χ3n) is 3.89. The number of hydrogen-bond donors (Lipinski definition) is 2. The molecule has 2 N–H and O–H groups in total. The Morgan fingerprint density at radius 1 is 1.27 bits per heavy atom. The van der Waals surface area contributed by atoms with Crippen molar-refractivity contribution in [3.8, 4) is 0 Å². The van der Waals surface area contributed by atoms with E-state index in [9.17, 15) is 5.11 Å². The number of rotatable bonds is 3. The Hall–Kier alpha value is 0.270. The molecule has 88 valence electrons. The molecular formula is C12H23NOS. The molecule has 0 aromatic rings. The first-order valence-corrected chi connectivity index (χ1v) is 7.35. The third kappa shape index (κ3) is 3.11. The van der Waals surface area contributed by atoms with E-state index < -0.39 is 0 Å². The molecule has 15 heavy (non-hydrogen) atoms. The summed E-state index contributed by atoms with van der Waals surface area (Å²) in [5.41, 5.74) is 0. The van der Waals surface area contributed by atoms with Gasteiger partial charge in [-0.1, -0.05) is 19.8 Å². The van der Waals surface area contributed by atoms with Crippen LogP contribution in [0.2, 0.25) is 0 Å². The van der Waals surface area contributed by atoms with Crippen molar-refractivity contribution in [3.63, 3.8) is 0 Å². The van der Waals surface area contributed by atoms with Gasteiger partial charge in [0.05, 0.1) is 6.10 Å². The third-order valence-corrected chi connectivity index (χ3v) is 5.21. The van der Waals surface area contributed by atoms with Crippen molar-refractivity contribution < 1.29 is 5.11 Å². The summed E-state index contributed by atoms with van der Waals surface area (Å²) < 4.78 is 0. The summed E-state index contributed by atoms with van der Waals surface area (Å²) in [5, 5.41) is 14.3. The average Bonchev–Trinajstić information content (AvgIpc) is 2.63. The lowest BCUT2D eigenvalue weighted by Gasteiger charge is -2.29. The topological polar surface area (TPSA) is 32.3 Å². The predicted octanol–water partition coefficient (Wildman–Crippen LogP) is 2.02. The molecule has 0 aromatic heterocycles. The van der Waals surface area contributed by atoms with Crippen LogP contribution in [0.4, 0.5) is 0 Å². The monoisotopic (exact) mass is 229 g/mol. The zero-order chi connectivity index (χ0) is 10.7. The van der Waals surface area contributed by atoms with Gasteiger partial charge < -0.3 is 10.4 Å². The smallest absolute Gasteiger partial charge is 0.0580 e. The second kappa shape index (κ2) is 5.55. The molecule has 1 heterocycles. The zero-order valence-electron chi connectivity index (χ0n) is 9.61. The molecule has 1 aliphatic heterocycles. The molecular weight excluding hydrogens is 206 g/mol. The summed E-state index contributed by atoms with van der Waals surface area (Å²) in [6, 6.07) is 0.684. The van der Waals surface area contributed by atoms with E-state index in [0.717, 1.165) is 18.2 Å². The molecule has 2 rings (SSSR count). The highest BCUT2D eigenvalue weighted by Gasteiger charge is 2.27. The Bertz CT molecular complexity index is 200. The fourth-order valence-corrected chi connectivity index (χ4v) is 3.96. The quantitative estimate of drug-likeness (QED) is 0.776. The van der Waals surface area contributed by atoms with E-state index in [4.69, 9.17) is 0 Å². The fourth-order valence-electron chi connectivity index (χ4n) is 2.73. The molecule has 1 aliphatic carbocycles. The van der Waals surface area contributed by atoms with E-state index in [1.807, 2.05) is 0 Å².